The van der Waals surface area contributed by atoms with Gasteiger partial charge in [-0.2, -0.15) is 0 Å². The molecule has 0 bridgehead atoms. The molecule has 2 nitrogen and oxygen atoms in total. The number of benzene rings is 7. The molecule has 0 radical (unpaired) electrons. The topological polar surface area (TPSA) is 25.8 Å². The Morgan fingerprint density at radius 2 is 0.808 bits per heavy atom. The second-order valence-electron chi connectivity index (χ2n) is 14.5. The van der Waals surface area contributed by atoms with E-state index in [9.17, 15) is 0 Å². The summed E-state index contributed by atoms with van der Waals surface area (Å²) >= 11 is 0. The molecular formula is C50H36N2. The zero-order chi connectivity index (χ0) is 34.9. The molecule has 0 saturated carbocycles. The number of nitrogens with zero attached hydrogens (tertiary/aromatic N) is 2. The maximum absolute atomic E-state index is 5.16. The van der Waals surface area contributed by atoms with Gasteiger partial charge in [0.2, 0.25) is 0 Å². The monoisotopic (exact) mass is 664 g/mol. The van der Waals surface area contributed by atoms with Crippen molar-refractivity contribution in [2.45, 2.75) is 24.7 Å². The van der Waals surface area contributed by atoms with Crippen molar-refractivity contribution in [2.24, 2.45) is 0 Å². The number of hydrogen-bond acceptors (Lipinski definition) is 2. The van der Waals surface area contributed by atoms with Gasteiger partial charge in [-0.3, -0.25) is 0 Å². The van der Waals surface area contributed by atoms with Crippen molar-refractivity contribution in [3.8, 4) is 56.2 Å². The van der Waals surface area contributed by atoms with Gasteiger partial charge < -0.3 is 0 Å². The molecule has 0 N–H and O–H groups in total. The van der Waals surface area contributed by atoms with Crippen molar-refractivity contribution in [2.75, 3.05) is 0 Å². The van der Waals surface area contributed by atoms with Gasteiger partial charge in [-0.15, -0.1) is 0 Å². The molecule has 0 fully saturated rings. The lowest BCUT2D eigenvalue weighted by Gasteiger charge is -2.46. The second-order valence-corrected chi connectivity index (χ2v) is 14.5. The molecule has 0 atom stereocenters. The highest BCUT2D eigenvalue weighted by molar-refractivity contribution is 5.97. The van der Waals surface area contributed by atoms with Gasteiger partial charge in [0.25, 0.3) is 0 Å². The fourth-order valence-corrected chi connectivity index (χ4v) is 9.06. The van der Waals surface area contributed by atoms with Gasteiger partial charge in [0.05, 0.1) is 16.8 Å². The van der Waals surface area contributed by atoms with Crippen LogP contribution in [0.25, 0.3) is 56.2 Å². The average Bonchev–Trinajstić information content (AvgIpc) is 3.52. The molecule has 246 valence electrons. The molecule has 10 rings (SSSR count). The molecule has 2 heteroatoms. The van der Waals surface area contributed by atoms with E-state index in [2.05, 4.69) is 172 Å². The quantitative estimate of drug-likeness (QED) is 0.187. The zero-order valence-electron chi connectivity index (χ0n) is 29.2. The van der Waals surface area contributed by atoms with Gasteiger partial charge in [-0.25, -0.2) is 9.97 Å². The molecule has 7 aromatic carbocycles. The minimum Gasteiger partial charge on any atom is -0.228 e. The molecule has 2 aliphatic carbocycles. The van der Waals surface area contributed by atoms with Gasteiger partial charge in [0.1, 0.15) is 0 Å². The van der Waals surface area contributed by atoms with Crippen LogP contribution in [0.2, 0.25) is 0 Å². The van der Waals surface area contributed by atoms with Crippen LogP contribution in [-0.4, -0.2) is 9.97 Å². The highest BCUT2D eigenvalue weighted by Crippen LogP contribution is 2.63. The summed E-state index contributed by atoms with van der Waals surface area (Å²) in [6.07, 6.45) is 0. The Kier molecular flexibility index (Phi) is 6.78. The Balaban J connectivity index is 1.20. The third-order valence-electron chi connectivity index (χ3n) is 11.4. The number of rotatable bonds is 4. The third kappa shape index (κ3) is 4.37. The van der Waals surface area contributed by atoms with Crippen LogP contribution in [0, 0.1) is 0 Å². The van der Waals surface area contributed by atoms with E-state index in [1.807, 2.05) is 24.3 Å². The molecule has 0 unspecified atom stereocenters. The van der Waals surface area contributed by atoms with Gasteiger partial charge in [0.15, 0.2) is 5.82 Å². The third-order valence-corrected chi connectivity index (χ3v) is 11.4. The van der Waals surface area contributed by atoms with E-state index in [-0.39, 0.29) is 5.41 Å². The van der Waals surface area contributed by atoms with Crippen molar-refractivity contribution < 1.29 is 0 Å². The van der Waals surface area contributed by atoms with Crippen LogP contribution in [0.1, 0.15) is 47.2 Å². The molecule has 0 saturated heterocycles. The molecule has 2 aliphatic rings. The van der Waals surface area contributed by atoms with Crippen LogP contribution in [0.4, 0.5) is 0 Å². The first-order valence-electron chi connectivity index (χ1n) is 18.1. The maximum Gasteiger partial charge on any atom is 0.160 e. The molecule has 8 aromatic rings. The molecule has 0 amide bonds. The van der Waals surface area contributed by atoms with Crippen LogP contribution in [0.15, 0.2) is 182 Å². The van der Waals surface area contributed by atoms with E-state index in [4.69, 9.17) is 9.97 Å². The summed E-state index contributed by atoms with van der Waals surface area (Å²) < 4.78 is 0. The highest BCUT2D eigenvalue weighted by atomic mass is 14.9. The second kappa shape index (κ2) is 11.6. The van der Waals surface area contributed by atoms with E-state index >= 15 is 0 Å². The van der Waals surface area contributed by atoms with Crippen molar-refractivity contribution in [3.05, 3.63) is 215 Å². The lowest BCUT2D eigenvalue weighted by Crippen LogP contribution is -2.40. The zero-order valence-corrected chi connectivity index (χ0v) is 29.2. The summed E-state index contributed by atoms with van der Waals surface area (Å²) in [5.41, 5.74) is 17.6. The minimum atomic E-state index is -0.427. The summed E-state index contributed by atoms with van der Waals surface area (Å²) in [4.78, 5) is 10.2. The molecule has 1 aromatic heterocycles. The first-order chi connectivity index (χ1) is 25.5. The lowest BCUT2D eigenvalue weighted by molar-refractivity contribution is 0.563. The fourth-order valence-electron chi connectivity index (χ4n) is 9.06. The smallest absolute Gasteiger partial charge is 0.160 e. The van der Waals surface area contributed by atoms with E-state index in [0.717, 1.165) is 33.9 Å². The average molecular weight is 665 g/mol. The van der Waals surface area contributed by atoms with Crippen LogP contribution in [0.5, 0.6) is 0 Å². The molecule has 1 spiro atoms. The van der Waals surface area contributed by atoms with Gasteiger partial charge >= 0.3 is 0 Å². The Bertz CT molecular complexity index is 2550. The molecular weight excluding hydrogens is 629 g/mol. The van der Waals surface area contributed by atoms with E-state index in [1.54, 1.807) is 0 Å². The Morgan fingerprint density at radius 1 is 0.346 bits per heavy atom. The molecule has 1 heterocycles. The SMILES string of the molecule is CC1(C)c2ccccc2C2(c3ccccc3-c3c(-c4cccc(-c5cc(-c6ccccc6)nc(-c6ccccc6)n5)c4)cccc32)c2ccccc21. The predicted octanol–water partition coefficient (Wildman–Crippen LogP) is 12.1. The summed E-state index contributed by atoms with van der Waals surface area (Å²) in [7, 11) is 0. The van der Waals surface area contributed by atoms with Gasteiger partial charge in [-0.1, -0.05) is 184 Å². The van der Waals surface area contributed by atoms with Crippen LogP contribution >= 0.6 is 0 Å². The largest absolute Gasteiger partial charge is 0.228 e. The lowest BCUT2D eigenvalue weighted by atomic mass is 9.55. The Labute approximate surface area is 305 Å². The van der Waals surface area contributed by atoms with E-state index in [1.165, 1.54) is 55.6 Å². The Hall–Kier alpha value is -6.38. The first kappa shape index (κ1) is 30.4. The normalized spacial score (nSPS) is 14.3. The summed E-state index contributed by atoms with van der Waals surface area (Å²) in [5.74, 6) is 0.719. The van der Waals surface area contributed by atoms with E-state index < -0.39 is 5.41 Å². The predicted molar refractivity (Wildman–Crippen MR) is 213 cm³/mol. The summed E-state index contributed by atoms with van der Waals surface area (Å²) in [6, 6.07) is 65.9. The van der Waals surface area contributed by atoms with Gasteiger partial charge in [-0.05, 0) is 67.8 Å². The van der Waals surface area contributed by atoms with Crippen molar-refractivity contribution >= 4 is 0 Å². The Morgan fingerprint density at radius 3 is 1.48 bits per heavy atom. The number of hydrogen-bond donors (Lipinski definition) is 0. The summed E-state index contributed by atoms with van der Waals surface area (Å²) in [6.45, 7) is 4.75. The molecule has 0 aliphatic heterocycles. The number of fused-ring (bicyclic) bond motifs is 9. The standard InChI is InChI=1S/C50H36N2/c1-49(2)40-26-11-13-28-42(40)50(43-29-14-12-27-41(43)49)39-25-10-9-23-38(39)47-37(24-16-30-44(47)50)35-21-15-22-36(31-35)46-32-45(33-17-5-3-6-18-33)51-48(52-46)34-19-7-4-8-20-34/h3-32H,1-2H3. The number of aromatic nitrogens is 2. The van der Waals surface area contributed by atoms with Gasteiger partial charge in [0, 0.05) is 22.1 Å². The highest BCUT2D eigenvalue weighted by Gasteiger charge is 2.53. The van der Waals surface area contributed by atoms with Crippen LogP contribution in [0.3, 0.4) is 0 Å². The van der Waals surface area contributed by atoms with Crippen molar-refractivity contribution in [1.82, 2.24) is 9.97 Å². The van der Waals surface area contributed by atoms with E-state index in [0.29, 0.717) is 0 Å². The van der Waals surface area contributed by atoms with Crippen molar-refractivity contribution in [1.29, 1.82) is 0 Å². The van der Waals surface area contributed by atoms with Crippen LogP contribution in [-0.2, 0) is 10.8 Å². The summed E-state index contributed by atoms with van der Waals surface area (Å²) in [5, 5.41) is 0. The fraction of sp³-hybridized carbons (Fsp3) is 0.0800. The maximum atomic E-state index is 5.16. The minimum absolute atomic E-state index is 0.128. The molecule has 52 heavy (non-hydrogen) atoms. The van der Waals surface area contributed by atoms with Crippen LogP contribution < -0.4 is 0 Å². The van der Waals surface area contributed by atoms with Crippen molar-refractivity contribution in [3.63, 3.8) is 0 Å². The first-order valence-corrected chi connectivity index (χ1v) is 18.1.